The molecule has 10 atom stereocenters. The molecule has 0 bridgehead atoms. The number of phenols is 1. The Morgan fingerprint density at radius 3 is 2.34 bits per heavy atom. The van der Waals surface area contributed by atoms with Gasteiger partial charge in [-0.1, -0.05) is 59.8 Å². The number of ether oxygens (including phenoxy) is 2. The molecule has 0 amide bonds. The van der Waals surface area contributed by atoms with Crippen molar-refractivity contribution in [3.05, 3.63) is 42.0 Å². The highest BCUT2D eigenvalue weighted by molar-refractivity contribution is 5.87. The Labute approximate surface area is 267 Å². The van der Waals surface area contributed by atoms with E-state index in [1.54, 1.807) is 18.2 Å². The van der Waals surface area contributed by atoms with Gasteiger partial charge < -0.3 is 14.6 Å². The van der Waals surface area contributed by atoms with Crippen LogP contribution in [0.5, 0.6) is 11.5 Å². The summed E-state index contributed by atoms with van der Waals surface area (Å²) in [5.74, 6) is 3.71. The van der Waals surface area contributed by atoms with Crippen molar-refractivity contribution in [2.24, 2.45) is 56.7 Å². The highest BCUT2D eigenvalue weighted by Crippen LogP contribution is 2.77. The molecule has 1 aromatic rings. The highest BCUT2D eigenvalue weighted by atomic mass is 16.5. The van der Waals surface area contributed by atoms with E-state index in [0.29, 0.717) is 39.7 Å². The normalized spacial score (nSPS) is 44.2. The van der Waals surface area contributed by atoms with E-state index in [4.69, 9.17) is 9.47 Å². The van der Waals surface area contributed by atoms with Crippen LogP contribution < -0.4 is 4.74 Å². The Bertz CT molecular complexity index is 1340. The lowest BCUT2D eigenvalue weighted by Gasteiger charge is -2.73. The van der Waals surface area contributed by atoms with Gasteiger partial charge in [-0.2, -0.15) is 0 Å². The van der Waals surface area contributed by atoms with Gasteiger partial charge in [-0.05, 0) is 146 Å². The fourth-order valence-corrected chi connectivity index (χ4v) is 12.8. The number of aromatic hydroxyl groups is 1. The molecule has 4 heteroatoms. The molecule has 0 spiro atoms. The molecule has 6 unspecified atom stereocenters. The van der Waals surface area contributed by atoms with E-state index in [0.717, 1.165) is 30.2 Å². The predicted octanol–water partition coefficient (Wildman–Crippen LogP) is 10.0. The number of fused-ring (bicyclic) bond motifs is 7. The van der Waals surface area contributed by atoms with Crippen LogP contribution in [0.15, 0.2) is 36.4 Å². The molecular formula is C40H58O4. The fourth-order valence-electron chi connectivity index (χ4n) is 12.8. The van der Waals surface area contributed by atoms with Crippen LogP contribution in [-0.2, 0) is 9.53 Å². The minimum Gasteiger partial charge on any atom is -0.504 e. The second-order valence-corrected chi connectivity index (χ2v) is 17.4. The number of phenolic OH excluding ortho intramolecular Hbond substituents is 1. The van der Waals surface area contributed by atoms with E-state index in [-0.39, 0.29) is 28.7 Å². The van der Waals surface area contributed by atoms with Gasteiger partial charge in [-0.15, -0.1) is 0 Å². The van der Waals surface area contributed by atoms with Crippen LogP contribution >= 0.6 is 0 Å². The second kappa shape index (κ2) is 10.7. The zero-order valence-corrected chi connectivity index (χ0v) is 28.8. The van der Waals surface area contributed by atoms with Crippen molar-refractivity contribution >= 4 is 12.0 Å². The van der Waals surface area contributed by atoms with Gasteiger partial charge in [-0.25, -0.2) is 4.79 Å². The molecule has 5 saturated carbocycles. The van der Waals surface area contributed by atoms with Crippen LogP contribution in [0.2, 0.25) is 0 Å². The molecule has 1 N–H and O–H groups in total. The second-order valence-electron chi connectivity index (χ2n) is 17.4. The van der Waals surface area contributed by atoms with Gasteiger partial charge in [-0.3, -0.25) is 0 Å². The summed E-state index contributed by atoms with van der Waals surface area (Å²) in [4.78, 5) is 13.1. The summed E-state index contributed by atoms with van der Waals surface area (Å²) in [6, 6.07) is 5.13. The third-order valence-electron chi connectivity index (χ3n) is 15.3. The first kappa shape index (κ1) is 31.7. The van der Waals surface area contributed by atoms with E-state index in [9.17, 15) is 9.90 Å². The first-order chi connectivity index (χ1) is 20.6. The number of benzene rings is 1. The molecule has 0 aromatic heterocycles. The summed E-state index contributed by atoms with van der Waals surface area (Å²) < 4.78 is 11.4. The number of allylic oxidation sites excluding steroid dienone is 1. The number of rotatable bonds is 5. The van der Waals surface area contributed by atoms with Crippen molar-refractivity contribution < 1.29 is 19.4 Å². The van der Waals surface area contributed by atoms with Gasteiger partial charge in [0.2, 0.25) is 0 Å². The first-order valence-electron chi connectivity index (χ1n) is 17.5. The van der Waals surface area contributed by atoms with Crippen LogP contribution in [0.3, 0.4) is 0 Å². The van der Waals surface area contributed by atoms with E-state index in [1.165, 1.54) is 70.1 Å². The largest absolute Gasteiger partial charge is 0.504 e. The summed E-state index contributed by atoms with van der Waals surface area (Å²) in [5, 5.41) is 10.1. The Morgan fingerprint density at radius 1 is 0.909 bits per heavy atom. The van der Waals surface area contributed by atoms with Gasteiger partial charge in [0.1, 0.15) is 6.10 Å². The Kier molecular flexibility index (Phi) is 7.69. The molecular weight excluding hydrogens is 544 g/mol. The minimum atomic E-state index is -0.301. The molecule has 4 nitrogen and oxygen atoms in total. The van der Waals surface area contributed by atoms with Crippen molar-refractivity contribution in [1.82, 2.24) is 0 Å². The number of carbonyl (C=O) groups is 1. The summed E-state index contributed by atoms with van der Waals surface area (Å²) in [6.45, 7) is 22.2. The van der Waals surface area contributed by atoms with E-state index < -0.39 is 0 Å². The van der Waals surface area contributed by atoms with Gasteiger partial charge >= 0.3 is 5.97 Å². The smallest absolute Gasteiger partial charge is 0.331 e. The molecule has 0 heterocycles. The summed E-state index contributed by atoms with van der Waals surface area (Å²) in [6.07, 6.45) is 15.9. The number of carbonyl (C=O) groups excluding carboxylic acids is 1. The lowest BCUT2D eigenvalue weighted by Crippen LogP contribution is -2.66. The third-order valence-corrected chi connectivity index (χ3v) is 15.3. The van der Waals surface area contributed by atoms with Crippen LogP contribution in [0.25, 0.3) is 6.08 Å². The first-order valence-corrected chi connectivity index (χ1v) is 17.5. The number of hydrogen-bond acceptors (Lipinski definition) is 4. The quantitative estimate of drug-likeness (QED) is 0.207. The summed E-state index contributed by atoms with van der Waals surface area (Å²) in [7, 11) is 1.52. The summed E-state index contributed by atoms with van der Waals surface area (Å²) >= 11 is 0. The van der Waals surface area contributed by atoms with Crippen LogP contribution in [0.4, 0.5) is 0 Å². The Morgan fingerprint density at radius 2 is 1.66 bits per heavy atom. The Hall–Kier alpha value is -2.23. The molecule has 242 valence electrons. The molecule has 5 aliphatic rings. The monoisotopic (exact) mass is 602 g/mol. The molecule has 0 saturated heterocycles. The topological polar surface area (TPSA) is 55.8 Å². The molecule has 1 aromatic carbocycles. The van der Waals surface area contributed by atoms with Gasteiger partial charge in [0.25, 0.3) is 0 Å². The van der Waals surface area contributed by atoms with Gasteiger partial charge in [0.05, 0.1) is 7.11 Å². The van der Waals surface area contributed by atoms with E-state index >= 15 is 0 Å². The molecule has 0 radical (unpaired) electrons. The van der Waals surface area contributed by atoms with Crippen molar-refractivity contribution in [1.29, 1.82) is 0 Å². The predicted molar refractivity (Wildman–Crippen MR) is 178 cm³/mol. The number of esters is 1. The molecule has 5 aliphatic carbocycles. The average molecular weight is 603 g/mol. The van der Waals surface area contributed by atoms with Crippen molar-refractivity contribution in [3.63, 3.8) is 0 Å². The molecule has 44 heavy (non-hydrogen) atoms. The lowest BCUT2D eigenvalue weighted by molar-refractivity contribution is -0.248. The summed E-state index contributed by atoms with van der Waals surface area (Å²) in [5.41, 5.74) is 3.55. The number of methoxy groups -OCH3 is 1. The van der Waals surface area contributed by atoms with Gasteiger partial charge in [0, 0.05) is 11.5 Å². The standard InChI is InChI=1S/C40H58O4/c1-25(2)27-16-19-37(5)22-23-39(7)28(35(27)37)12-14-32-38(6)20-18-33(36(3,4)31(38)17-21-40(32,39)8)44-34(42)15-11-26-10-13-30(43-9)29(41)24-26/h10-11,13,15,24,27-28,31-33,35,41H,1,12,14,16-23H2,2-9H3/b15-11+/t27?,28?,31?,32?,33?,35?,37-,38+,39-,40-/m1/s1. The SMILES string of the molecule is C=C(C)C1CC[C@]2(C)CC[C@]3(C)C(CCC4[C@@]5(C)CCC(OC(=O)/C=C/c6ccc(OC)c(O)c6)C(C)(C)C5CC[C@]43C)C12. The van der Waals surface area contributed by atoms with Crippen molar-refractivity contribution in [3.8, 4) is 11.5 Å². The maximum Gasteiger partial charge on any atom is 0.331 e. The van der Waals surface area contributed by atoms with E-state index in [1.807, 2.05) is 6.07 Å². The van der Waals surface area contributed by atoms with Crippen molar-refractivity contribution in [2.45, 2.75) is 119 Å². The van der Waals surface area contributed by atoms with E-state index in [2.05, 4.69) is 55.0 Å². The number of hydrogen-bond donors (Lipinski definition) is 1. The maximum absolute atomic E-state index is 13.1. The van der Waals surface area contributed by atoms with Crippen LogP contribution in [0, 0.1) is 56.7 Å². The zero-order valence-electron chi connectivity index (χ0n) is 28.8. The zero-order chi connectivity index (χ0) is 31.9. The third kappa shape index (κ3) is 4.54. The van der Waals surface area contributed by atoms with Crippen LogP contribution in [0.1, 0.15) is 118 Å². The van der Waals surface area contributed by atoms with Crippen LogP contribution in [-0.4, -0.2) is 24.3 Å². The molecule has 0 aliphatic heterocycles. The Balaban J connectivity index is 1.21. The minimum absolute atomic E-state index is 0.0593. The van der Waals surface area contributed by atoms with Crippen molar-refractivity contribution in [2.75, 3.05) is 7.11 Å². The van der Waals surface area contributed by atoms with Gasteiger partial charge in [0.15, 0.2) is 11.5 Å². The lowest BCUT2D eigenvalue weighted by atomic mass is 9.32. The highest BCUT2D eigenvalue weighted by Gasteiger charge is 2.70. The fraction of sp³-hybridized carbons (Fsp3) is 0.725. The molecule has 5 fully saturated rings. The maximum atomic E-state index is 13.1. The molecule has 6 rings (SSSR count). The average Bonchev–Trinajstić information content (AvgIpc) is 3.32.